The van der Waals surface area contributed by atoms with E-state index in [4.69, 9.17) is 10.6 Å². The standard InChI is InChI=1S/2C28H44NP2.2Cu/c2*1-21(2)17-30(18-22(3)4)27-15-11-9-13-25(27)29-26-14-10-12-16-28(26)31(19-23(5)6)20-24(7)8;;/h2*9-16,21-24H,17-20H2,1-8H3;;/q2*-1;2*+2/p+4. The molecule has 362 valence electrons. The molecule has 0 unspecified atom stereocenters. The maximum absolute atomic E-state index is 5.36. The van der Waals surface area contributed by atoms with E-state index in [0.29, 0.717) is 0 Å². The number of hydrogen-bond donors (Lipinski definition) is 0. The molecule has 8 heteroatoms. The maximum Gasteiger partial charge on any atom is 2.00 e. The Bertz CT molecular complexity index is 1540. The molecule has 4 rings (SSSR count). The molecular weight excluding hydrogens is 952 g/mol. The summed E-state index contributed by atoms with van der Waals surface area (Å²) < 4.78 is 0. The van der Waals surface area contributed by atoms with E-state index < -0.39 is 31.7 Å². The Morgan fingerprint density at radius 2 is 0.406 bits per heavy atom. The first-order valence-corrected chi connectivity index (χ1v) is 32.2. The molecule has 0 saturated heterocycles. The van der Waals surface area contributed by atoms with Crippen molar-refractivity contribution in [3.8, 4) is 0 Å². The van der Waals surface area contributed by atoms with E-state index in [0.717, 1.165) is 47.3 Å². The largest absolute Gasteiger partial charge is 2.00 e. The van der Waals surface area contributed by atoms with Crippen molar-refractivity contribution < 1.29 is 34.1 Å². The second kappa shape index (κ2) is 32.1. The van der Waals surface area contributed by atoms with E-state index in [1.807, 2.05) is 0 Å². The van der Waals surface area contributed by atoms with Crippen LogP contribution in [0.4, 0.5) is 22.7 Å². The molecule has 2 nitrogen and oxygen atoms in total. The summed E-state index contributed by atoms with van der Waals surface area (Å²) in [7, 11) is -2.50. The normalized spacial score (nSPS) is 11.8. The first-order valence-electron chi connectivity index (χ1n) is 24.5. The van der Waals surface area contributed by atoms with Crippen LogP contribution in [0.3, 0.4) is 0 Å². The molecule has 0 bridgehead atoms. The molecule has 0 heterocycles. The number of hydrogen-bond acceptors (Lipinski definition) is 0. The molecule has 0 atom stereocenters. The Kier molecular flexibility index (Phi) is 30.7. The van der Waals surface area contributed by atoms with Crippen molar-refractivity contribution in [1.82, 2.24) is 0 Å². The zero-order valence-corrected chi connectivity index (χ0v) is 48.9. The van der Waals surface area contributed by atoms with E-state index in [-0.39, 0.29) is 34.1 Å². The molecule has 4 aromatic rings. The molecule has 2 radical (unpaired) electrons. The molecule has 0 aromatic heterocycles. The van der Waals surface area contributed by atoms with Crippen molar-refractivity contribution in [2.45, 2.75) is 111 Å². The van der Waals surface area contributed by atoms with Gasteiger partial charge in [-0.2, -0.15) is 0 Å². The van der Waals surface area contributed by atoms with Gasteiger partial charge in [-0.1, -0.05) is 206 Å². The Labute approximate surface area is 422 Å². The fourth-order valence-electron chi connectivity index (χ4n) is 8.90. The molecule has 64 heavy (non-hydrogen) atoms. The summed E-state index contributed by atoms with van der Waals surface area (Å²) >= 11 is 0. The topological polar surface area (TPSA) is 28.2 Å². The molecule has 0 N–H and O–H groups in total. The second-order valence-electron chi connectivity index (χ2n) is 21.5. The monoisotopic (exact) mass is 1040 g/mol. The quantitative estimate of drug-likeness (QED) is 0.0494. The third-order valence-corrected chi connectivity index (χ3v) is 26.1. The van der Waals surface area contributed by atoms with Crippen LogP contribution in [0.25, 0.3) is 10.6 Å². The third-order valence-electron chi connectivity index (χ3n) is 10.9. The van der Waals surface area contributed by atoms with Crippen molar-refractivity contribution in [1.29, 1.82) is 0 Å². The average Bonchev–Trinajstić information content (AvgIpc) is 3.16. The molecule has 0 saturated carbocycles. The minimum Gasteiger partial charge on any atom is -0.651 e. The molecule has 0 aliphatic heterocycles. The predicted octanol–water partition coefficient (Wildman–Crippen LogP) is 16.6. The van der Waals surface area contributed by atoms with Crippen molar-refractivity contribution in [2.24, 2.45) is 47.3 Å². The fourth-order valence-corrected chi connectivity index (χ4v) is 22.5. The van der Waals surface area contributed by atoms with Crippen LogP contribution in [0.15, 0.2) is 97.1 Å². The van der Waals surface area contributed by atoms with Crippen LogP contribution in [0.1, 0.15) is 111 Å². The van der Waals surface area contributed by atoms with E-state index >= 15 is 0 Å². The van der Waals surface area contributed by atoms with Gasteiger partial charge in [0.05, 0.1) is 70.5 Å². The number of benzene rings is 4. The Balaban J connectivity index is 0.000000621. The SMILES string of the molecule is CC(C)C[PH+](CC(C)C)c1ccccc1[N-]c1ccccc1[PH+](CC(C)C)CC(C)C.CC(C)C[PH+](CC(C)C)c1ccccc1[N-]c1ccccc1[PH+](CC(C)C)CC(C)C.[Cu+2].[Cu+2]. The Morgan fingerprint density at radius 1 is 0.266 bits per heavy atom. The number of rotatable bonds is 24. The van der Waals surface area contributed by atoms with Gasteiger partial charge in [0.25, 0.3) is 0 Å². The van der Waals surface area contributed by atoms with Crippen molar-refractivity contribution >= 4 is 75.7 Å². The molecule has 0 aliphatic carbocycles. The Morgan fingerprint density at radius 3 is 0.547 bits per heavy atom. The van der Waals surface area contributed by atoms with Gasteiger partial charge < -0.3 is 10.6 Å². The van der Waals surface area contributed by atoms with Gasteiger partial charge in [-0.15, -0.1) is 0 Å². The fraction of sp³-hybridized carbons (Fsp3) is 0.571. The third kappa shape index (κ3) is 22.6. The van der Waals surface area contributed by atoms with Gasteiger partial charge in [-0.25, -0.2) is 0 Å². The van der Waals surface area contributed by atoms with Gasteiger partial charge in [0.15, 0.2) is 0 Å². The molecule has 0 amide bonds. The van der Waals surface area contributed by atoms with Crippen LogP contribution >= 0.6 is 31.7 Å². The van der Waals surface area contributed by atoms with Crippen LogP contribution in [-0.4, -0.2) is 49.3 Å². The zero-order valence-electron chi connectivity index (χ0n) is 43.0. The summed E-state index contributed by atoms with van der Waals surface area (Å²) in [5.41, 5.74) is 4.89. The van der Waals surface area contributed by atoms with E-state index in [9.17, 15) is 0 Å². The van der Waals surface area contributed by atoms with Gasteiger partial charge in [0.2, 0.25) is 0 Å². The van der Waals surface area contributed by atoms with Gasteiger partial charge in [0, 0.05) is 31.7 Å². The minimum absolute atomic E-state index is 0. The van der Waals surface area contributed by atoms with E-state index in [1.165, 1.54) is 93.3 Å². The summed E-state index contributed by atoms with van der Waals surface area (Å²) in [6.07, 6.45) is 10.6. The summed E-state index contributed by atoms with van der Waals surface area (Å²) in [6.45, 7) is 37.9. The van der Waals surface area contributed by atoms with Crippen LogP contribution < -0.4 is 21.2 Å². The zero-order chi connectivity index (χ0) is 45.9. The molecule has 0 spiro atoms. The molecule has 0 fully saturated rings. The summed E-state index contributed by atoms with van der Waals surface area (Å²) in [5, 5.41) is 16.9. The van der Waals surface area contributed by atoms with Crippen molar-refractivity contribution in [2.75, 3.05) is 49.3 Å². The first-order chi connectivity index (χ1) is 29.3. The molecular formula is C56H92Cu2N2P4+6. The average molecular weight is 1040 g/mol. The van der Waals surface area contributed by atoms with Gasteiger partial charge >= 0.3 is 34.1 Å². The van der Waals surface area contributed by atoms with E-state index in [1.54, 1.807) is 0 Å². The maximum atomic E-state index is 5.36. The van der Waals surface area contributed by atoms with Crippen LogP contribution in [0, 0.1) is 47.3 Å². The van der Waals surface area contributed by atoms with Crippen molar-refractivity contribution in [3.63, 3.8) is 0 Å². The summed E-state index contributed by atoms with van der Waals surface area (Å²) in [6, 6.07) is 36.1. The van der Waals surface area contributed by atoms with Gasteiger partial charge in [-0.3, -0.25) is 0 Å². The molecule has 0 aliphatic rings. The number of nitrogens with zero attached hydrogens (tertiary/aromatic N) is 2. The summed E-state index contributed by atoms with van der Waals surface area (Å²) in [4.78, 5) is 0. The second-order valence-corrected chi connectivity index (χ2v) is 31.7. The van der Waals surface area contributed by atoms with Gasteiger partial charge in [-0.05, 0) is 71.6 Å². The van der Waals surface area contributed by atoms with Crippen LogP contribution in [0.5, 0.6) is 0 Å². The first kappa shape index (κ1) is 61.3. The van der Waals surface area contributed by atoms with Crippen LogP contribution in [0.2, 0.25) is 0 Å². The predicted molar refractivity (Wildman–Crippen MR) is 301 cm³/mol. The van der Waals surface area contributed by atoms with Crippen molar-refractivity contribution in [3.05, 3.63) is 108 Å². The Hall–Kier alpha value is -0.761. The molecule has 4 aromatic carbocycles. The minimum atomic E-state index is -0.625. The summed E-state index contributed by atoms with van der Waals surface area (Å²) in [5.74, 6) is 5.89. The van der Waals surface area contributed by atoms with Gasteiger partial charge in [0.1, 0.15) is 0 Å². The number of para-hydroxylation sites is 4. The van der Waals surface area contributed by atoms with Crippen LogP contribution in [-0.2, 0) is 34.1 Å². The van der Waals surface area contributed by atoms with E-state index in [2.05, 4.69) is 208 Å². The smallest absolute Gasteiger partial charge is 0.651 e.